The van der Waals surface area contributed by atoms with E-state index in [1.807, 2.05) is 6.07 Å². The van der Waals surface area contributed by atoms with E-state index in [9.17, 15) is 4.79 Å². The van der Waals surface area contributed by atoms with Gasteiger partial charge in [-0.2, -0.15) is 0 Å². The Kier molecular flexibility index (Phi) is 10.1. The summed E-state index contributed by atoms with van der Waals surface area (Å²) in [6.45, 7) is 8.30. The summed E-state index contributed by atoms with van der Waals surface area (Å²) in [5, 5.41) is 1.49. The minimum atomic E-state index is -0.481. The van der Waals surface area contributed by atoms with Crippen molar-refractivity contribution in [2.75, 3.05) is 64.4 Å². The highest BCUT2D eigenvalue weighted by Crippen LogP contribution is 2.47. The summed E-state index contributed by atoms with van der Waals surface area (Å²) >= 11 is 13.2. The van der Waals surface area contributed by atoms with Gasteiger partial charge in [0.25, 0.3) is 0 Å². The maximum atomic E-state index is 9.47. The second-order valence-electron chi connectivity index (χ2n) is 9.91. The van der Waals surface area contributed by atoms with Crippen LogP contribution in [0, 0.1) is 5.41 Å². The number of pyridine rings is 1. The number of halogens is 2. The van der Waals surface area contributed by atoms with Crippen molar-refractivity contribution in [3.05, 3.63) is 41.0 Å². The molecule has 1 spiro atoms. The second-order valence-corrected chi connectivity index (χ2v) is 10.7. The van der Waals surface area contributed by atoms with E-state index in [4.69, 9.17) is 52.9 Å². The Labute approximate surface area is 248 Å². The Morgan fingerprint density at radius 2 is 1.66 bits per heavy atom. The molecule has 4 N–H and O–H groups in total. The van der Waals surface area contributed by atoms with Crippen molar-refractivity contribution in [3.8, 4) is 22.8 Å². The van der Waals surface area contributed by atoms with Crippen LogP contribution in [0.4, 0.5) is 11.8 Å². The smallest absolute Gasteiger partial charge is 0.240 e. The fourth-order valence-electron chi connectivity index (χ4n) is 4.67. The van der Waals surface area contributed by atoms with Crippen LogP contribution in [0.3, 0.4) is 0 Å². The number of ether oxygens (including phenoxy) is 4. The van der Waals surface area contributed by atoms with Gasteiger partial charge in [-0.15, -0.1) is 0 Å². The average molecular weight is 606 g/mol. The number of nitrogen functional groups attached to an aromatic ring is 1. The Morgan fingerprint density at radius 3 is 2.10 bits per heavy atom. The van der Waals surface area contributed by atoms with Crippen LogP contribution >= 0.6 is 23.2 Å². The lowest BCUT2D eigenvalue weighted by atomic mass is 9.78. The summed E-state index contributed by atoms with van der Waals surface area (Å²) in [4.78, 5) is 25.1. The molecule has 6 rings (SSSR count). The van der Waals surface area contributed by atoms with Crippen LogP contribution in [0.1, 0.15) is 19.3 Å². The first-order valence-corrected chi connectivity index (χ1v) is 13.8. The van der Waals surface area contributed by atoms with Crippen molar-refractivity contribution in [1.29, 1.82) is 0 Å². The predicted octanol–water partition coefficient (Wildman–Crippen LogP) is 4.28. The largest absolute Gasteiger partial charge is 0.495 e. The molecule has 0 atom stereocenters. The number of anilines is 2. The number of hydrogen-bond donors (Lipinski definition) is 2. The number of nitrogens with two attached hydrogens (primary N) is 2. The van der Waals surface area contributed by atoms with Crippen LogP contribution in [-0.2, 0) is 14.3 Å². The number of rotatable bonds is 5. The molecule has 3 fully saturated rings. The molecule has 220 valence electrons. The van der Waals surface area contributed by atoms with Crippen molar-refractivity contribution >= 4 is 51.8 Å². The van der Waals surface area contributed by atoms with Crippen LogP contribution in [0.5, 0.6) is 11.5 Å². The van der Waals surface area contributed by atoms with Crippen molar-refractivity contribution in [2.45, 2.75) is 19.3 Å². The average Bonchev–Trinajstić information content (AvgIpc) is 2.93. The summed E-state index contributed by atoms with van der Waals surface area (Å²) < 4.78 is 21.3. The van der Waals surface area contributed by atoms with Gasteiger partial charge in [-0.1, -0.05) is 29.8 Å². The van der Waals surface area contributed by atoms with Crippen molar-refractivity contribution in [3.63, 3.8) is 0 Å². The molecule has 1 aromatic carbocycles. The maximum absolute atomic E-state index is 9.47. The van der Waals surface area contributed by atoms with E-state index in [1.54, 1.807) is 12.3 Å². The fraction of sp³-hybridized carbons (Fsp3) is 0.429. The molecule has 3 saturated heterocycles. The molecule has 0 radical (unpaired) electrons. The van der Waals surface area contributed by atoms with E-state index in [1.165, 1.54) is 33.5 Å². The minimum Gasteiger partial charge on any atom is -0.495 e. The van der Waals surface area contributed by atoms with Crippen molar-refractivity contribution in [2.24, 2.45) is 11.1 Å². The van der Waals surface area contributed by atoms with Gasteiger partial charge < -0.3 is 35.3 Å². The molecule has 1 amide bonds. The van der Waals surface area contributed by atoms with Gasteiger partial charge in [0.1, 0.15) is 17.0 Å². The number of aromatic nitrogens is 3. The fourth-order valence-corrected chi connectivity index (χ4v) is 5.36. The lowest BCUT2D eigenvalue weighted by molar-refractivity contribution is -0.127. The number of fused-ring (bicyclic) bond motifs is 1. The molecule has 11 nitrogen and oxygen atoms in total. The van der Waals surface area contributed by atoms with E-state index < -0.39 is 5.91 Å². The van der Waals surface area contributed by atoms with Crippen molar-refractivity contribution < 1.29 is 23.7 Å². The molecule has 0 unspecified atom stereocenters. The number of methoxy groups -OCH3 is 2. The number of carbonyl (C=O) groups excluding carboxylic acids is 1. The van der Waals surface area contributed by atoms with Crippen LogP contribution in [-0.4, -0.2) is 74.6 Å². The van der Waals surface area contributed by atoms with Crippen LogP contribution in [0.25, 0.3) is 22.2 Å². The molecular formula is C28H34Cl2N6O5. The standard InChI is InChI=1S/C20H19Cl2N5O3.C5H10O.C3H5NO/c1-28-12-4-13(29-2)16(22)14(15(12)21)11-3-10-5-24-19(23)26-17(10)18(25-11)27-6-20(7-27)8-30-9-20;1-2-4-6-5-3-1;1-2-3(4)5/h3-5H,6-9H2,1-2H3,(H2,23,24,26);1-5H2;2H,1H2,(H2,4,5). The van der Waals surface area contributed by atoms with Crippen LogP contribution in [0.15, 0.2) is 31.0 Å². The lowest BCUT2D eigenvalue weighted by Crippen LogP contribution is -2.66. The van der Waals surface area contributed by atoms with Crippen molar-refractivity contribution in [1.82, 2.24) is 15.0 Å². The summed E-state index contributed by atoms with van der Waals surface area (Å²) in [5.41, 5.74) is 12.4. The lowest BCUT2D eigenvalue weighted by Gasteiger charge is -2.55. The molecule has 3 aliphatic rings. The topological polar surface area (TPSA) is 148 Å². The van der Waals surface area contributed by atoms with Gasteiger partial charge in [0.05, 0.1) is 48.6 Å². The van der Waals surface area contributed by atoms with E-state index in [0.717, 1.165) is 51.0 Å². The van der Waals surface area contributed by atoms with E-state index >= 15 is 0 Å². The molecule has 5 heterocycles. The third kappa shape index (κ3) is 6.92. The third-order valence-corrected chi connectivity index (χ3v) is 7.59. The normalized spacial score (nSPS) is 16.7. The summed E-state index contributed by atoms with van der Waals surface area (Å²) in [6, 6.07) is 3.49. The van der Waals surface area contributed by atoms with Crippen LogP contribution in [0.2, 0.25) is 10.0 Å². The minimum absolute atomic E-state index is 0.194. The molecule has 3 aromatic rings. The van der Waals surface area contributed by atoms with E-state index in [-0.39, 0.29) is 11.4 Å². The number of primary amides is 1. The Hall–Kier alpha value is -3.38. The number of amides is 1. The third-order valence-electron chi connectivity index (χ3n) is 6.84. The van der Waals surface area contributed by atoms with Gasteiger partial charge in [-0.3, -0.25) is 4.79 Å². The highest BCUT2D eigenvalue weighted by atomic mass is 35.5. The Morgan fingerprint density at radius 1 is 1.05 bits per heavy atom. The van der Waals surface area contributed by atoms with Gasteiger partial charge in [0.2, 0.25) is 11.9 Å². The zero-order chi connectivity index (χ0) is 29.6. The van der Waals surface area contributed by atoms with E-state index in [0.29, 0.717) is 44.1 Å². The van der Waals surface area contributed by atoms with Gasteiger partial charge in [-0.05, 0) is 31.4 Å². The quantitative estimate of drug-likeness (QED) is 0.404. The molecular weight excluding hydrogens is 571 g/mol. The first-order chi connectivity index (χ1) is 19.7. The Bertz CT molecular complexity index is 1370. The summed E-state index contributed by atoms with van der Waals surface area (Å²) in [6.07, 6.45) is 6.66. The first-order valence-electron chi connectivity index (χ1n) is 13.1. The highest BCUT2D eigenvalue weighted by molar-refractivity contribution is 6.41. The van der Waals surface area contributed by atoms with Gasteiger partial charge in [0, 0.05) is 49.5 Å². The zero-order valence-corrected chi connectivity index (χ0v) is 24.6. The highest BCUT2D eigenvalue weighted by Gasteiger charge is 2.50. The molecule has 2 aromatic heterocycles. The summed E-state index contributed by atoms with van der Waals surface area (Å²) in [7, 11) is 3.07. The molecule has 0 saturated carbocycles. The SMILES string of the molecule is C1CCOCC1.C=CC(N)=O.COc1cc(OC)c(Cl)c(-c2cc3cnc(N)nc3c(N3CC4(COC4)C3)n2)c1Cl. The first kappa shape index (κ1) is 30.6. The Balaban J connectivity index is 0.000000297. The van der Waals surface area contributed by atoms with E-state index in [2.05, 4.69) is 27.2 Å². The zero-order valence-electron chi connectivity index (χ0n) is 23.1. The summed E-state index contributed by atoms with van der Waals surface area (Å²) in [5.74, 6) is 1.31. The number of carbonyl (C=O) groups is 1. The molecule has 0 aliphatic carbocycles. The molecule has 41 heavy (non-hydrogen) atoms. The molecule has 0 bridgehead atoms. The number of nitrogens with zero attached hydrogens (tertiary/aromatic N) is 4. The predicted molar refractivity (Wildman–Crippen MR) is 160 cm³/mol. The second kappa shape index (κ2) is 13.5. The number of benzene rings is 1. The monoisotopic (exact) mass is 604 g/mol. The van der Waals surface area contributed by atoms with Gasteiger partial charge >= 0.3 is 0 Å². The van der Waals surface area contributed by atoms with Crippen LogP contribution < -0.4 is 25.8 Å². The molecule has 3 aliphatic heterocycles. The maximum Gasteiger partial charge on any atom is 0.240 e. The van der Waals surface area contributed by atoms with Gasteiger partial charge in [0.15, 0.2) is 5.82 Å². The number of hydrogen-bond acceptors (Lipinski definition) is 10. The van der Waals surface area contributed by atoms with Gasteiger partial charge in [-0.25, -0.2) is 15.0 Å². The molecule has 13 heteroatoms.